The molecule has 7 nitrogen and oxygen atoms in total. The molecule has 1 N–H and O–H groups in total. The summed E-state index contributed by atoms with van der Waals surface area (Å²) in [6.45, 7) is 5.33. The van der Waals surface area contributed by atoms with Gasteiger partial charge in [0.2, 0.25) is 15.9 Å². The normalized spacial score (nSPS) is 17.9. The number of hydrogen-bond donors (Lipinski definition) is 1. The Balaban J connectivity index is 1.20. The molecule has 5 rings (SSSR count). The summed E-state index contributed by atoms with van der Waals surface area (Å²) in [6.07, 6.45) is 4.50. The number of anilines is 1. The minimum absolute atomic E-state index is 0.00899. The molecule has 8 heteroatoms. The van der Waals surface area contributed by atoms with Gasteiger partial charge in [-0.3, -0.25) is 4.79 Å². The molecule has 0 saturated carbocycles. The van der Waals surface area contributed by atoms with Gasteiger partial charge in [0.15, 0.2) is 0 Å². The number of benzene rings is 2. The fourth-order valence-corrected chi connectivity index (χ4v) is 6.65. The van der Waals surface area contributed by atoms with E-state index < -0.39 is 10.0 Å². The molecule has 0 bridgehead atoms. The summed E-state index contributed by atoms with van der Waals surface area (Å²) in [4.78, 5) is 20.0. The highest BCUT2D eigenvalue weighted by Gasteiger charge is 2.27. The first kappa shape index (κ1) is 24.7. The number of hydrogen-bond acceptors (Lipinski definition) is 5. The quantitative estimate of drug-likeness (QED) is 0.541. The molecule has 2 saturated heterocycles. The second-order valence-electron chi connectivity index (χ2n) is 9.95. The van der Waals surface area contributed by atoms with Crippen LogP contribution in [0.1, 0.15) is 43.2 Å². The highest BCUT2D eigenvalue weighted by atomic mass is 32.2. The second kappa shape index (κ2) is 10.6. The van der Waals surface area contributed by atoms with Crippen molar-refractivity contribution < 1.29 is 13.2 Å². The number of aromatic nitrogens is 1. The van der Waals surface area contributed by atoms with Crippen molar-refractivity contribution in [1.82, 2.24) is 14.6 Å². The molecule has 0 atom stereocenters. The van der Waals surface area contributed by atoms with Crippen molar-refractivity contribution in [2.75, 3.05) is 31.1 Å². The number of nitrogens with zero attached hydrogens (tertiary/aromatic N) is 3. The Hall–Kier alpha value is -2.97. The summed E-state index contributed by atoms with van der Waals surface area (Å²) >= 11 is 0. The first-order valence-corrected chi connectivity index (χ1v) is 14.3. The van der Waals surface area contributed by atoms with Gasteiger partial charge >= 0.3 is 0 Å². The Morgan fingerprint density at radius 1 is 0.944 bits per heavy atom. The van der Waals surface area contributed by atoms with Crippen LogP contribution in [0.2, 0.25) is 0 Å². The monoisotopic (exact) mass is 506 g/mol. The van der Waals surface area contributed by atoms with Crippen molar-refractivity contribution >= 4 is 32.7 Å². The minimum Gasteiger partial charge on any atom is -0.357 e. The molecule has 0 spiro atoms. The lowest BCUT2D eigenvalue weighted by atomic mass is 9.95. The molecule has 3 aromatic rings. The van der Waals surface area contributed by atoms with Crippen LogP contribution >= 0.6 is 0 Å². The molecule has 1 aromatic heterocycles. The molecule has 3 heterocycles. The van der Waals surface area contributed by atoms with E-state index in [-0.39, 0.29) is 11.8 Å². The van der Waals surface area contributed by atoms with Crippen molar-refractivity contribution in [2.24, 2.45) is 5.92 Å². The van der Waals surface area contributed by atoms with Gasteiger partial charge in [-0.15, -0.1) is 0 Å². The molecular weight excluding hydrogens is 472 g/mol. The van der Waals surface area contributed by atoms with Gasteiger partial charge in [-0.1, -0.05) is 36.2 Å². The maximum atomic E-state index is 13.0. The summed E-state index contributed by atoms with van der Waals surface area (Å²) < 4.78 is 27.7. The van der Waals surface area contributed by atoms with Gasteiger partial charge in [-0.25, -0.2) is 13.4 Å². The predicted octanol–water partition coefficient (Wildman–Crippen LogP) is 4.25. The smallest absolute Gasteiger partial charge is 0.243 e. The van der Waals surface area contributed by atoms with E-state index in [2.05, 4.69) is 41.4 Å². The molecule has 36 heavy (non-hydrogen) atoms. The maximum absolute atomic E-state index is 13.0. The van der Waals surface area contributed by atoms with Gasteiger partial charge in [0.05, 0.1) is 10.4 Å². The lowest BCUT2D eigenvalue weighted by Crippen LogP contribution is -2.40. The zero-order chi connectivity index (χ0) is 25.1. The fourth-order valence-electron chi connectivity index (χ4n) is 5.09. The first-order valence-electron chi connectivity index (χ1n) is 12.9. The van der Waals surface area contributed by atoms with Crippen molar-refractivity contribution in [1.29, 1.82) is 0 Å². The number of carbonyl (C=O) groups is 1. The van der Waals surface area contributed by atoms with Gasteiger partial charge in [0.25, 0.3) is 0 Å². The van der Waals surface area contributed by atoms with Gasteiger partial charge in [0.1, 0.15) is 5.82 Å². The van der Waals surface area contributed by atoms with Crippen molar-refractivity contribution in [2.45, 2.75) is 50.5 Å². The first-order chi connectivity index (χ1) is 17.4. The predicted molar refractivity (Wildman–Crippen MR) is 142 cm³/mol. The van der Waals surface area contributed by atoms with E-state index in [1.165, 1.54) is 5.56 Å². The number of carbonyl (C=O) groups excluding carboxylic acids is 1. The van der Waals surface area contributed by atoms with E-state index in [1.54, 1.807) is 22.5 Å². The fraction of sp³-hybridized carbons (Fsp3) is 0.429. The maximum Gasteiger partial charge on any atom is 0.243 e. The molecule has 1 amide bonds. The molecule has 2 aromatic carbocycles. The minimum atomic E-state index is -3.47. The Morgan fingerprint density at radius 3 is 2.39 bits per heavy atom. The topological polar surface area (TPSA) is 82.6 Å². The summed E-state index contributed by atoms with van der Waals surface area (Å²) in [5, 5.41) is 3.90. The van der Waals surface area contributed by atoms with Crippen molar-refractivity contribution in [3.8, 4) is 0 Å². The molecule has 2 aliphatic rings. The summed E-state index contributed by atoms with van der Waals surface area (Å²) in [7, 11) is -3.47. The Labute approximate surface area is 213 Å². The SMILES string of the molecule is Cc1ccc(CNC(=O)C2CCN(c3ccc4cc(S(=O)(=O)N5CCCCC5)ccc4n3)CC2)cc1. The van der Waals surface area contributed by atoms with Crippen molar-refractivity contribution in [3.63, 3.8) is 0 Å². The third kappa shape index (κ3) is 5.39. The highest BCUT2D eigenvalue weighted by Crippen LogP contribution is 2.27. The summed E-state index contributed by atoms with van der Waals surface area (Å²) in [5.41, 5.74) is 3.10. The second-order valence-corrected chi connectivity index (χ2v) is 11.9. The van der Waals surface area contributed by atoms with Gasteiger partial charge in [-0.2, -0.15) is 4.31 Å². The number of piperidine rings is 2. The van der Waals surface area contributed by atoms with E-state index in [0.717, 1.165) is 67.5 Å². The number of nitrogens with one attached hydrogen (secondary N) is 1. The molecule has 0 unspecified atom stereocenters. The van der Waals surface area contributed by atoms with E-state index in [0.29, 0.717) is 24.5 Å². The van der Waals surface area contributed by atoms with Crippen LogP contribution in [0, 0.1) is 12.8 Å². The third-order valence-electron chi connectivity index (χ3n) is 7.38. The third-order valence-corrected chi connectivity index (χ3v) is 9.27. The van der Waals surface area contributed by atoms with Crippen LogP contribution in [0.4, 0.5) is 5.82 Å². The van der Waals surface area contributed by atoms with Gasteiger partial charge in [0, 0.05) is 44.0 Å². The number of rotatable bonds is 6. The van der Waals surface area contributed by atoms with Crippen LogP contribution < -0.4 is 10.2 Å². The standard InChI is InChI=1S/C28H34N4O3S/c1-21-5-7-22(8-6-21)20-29-28(33)23-13-17-31(18-14-23)27-12-9-24-19-25(10-11-26(24)30-27)36(34,35)32-15-3-2-4-16-32/h5-12,19,23H,2-4,13-18,20H2,1H3,(H,29,33). The van der Waals surface area contributed by atoms with Crippen LogP contribution in [-0.2, 0) is 21.4 Å². The molecule has 190 valence electrons. The highest BCUT2D eigenvalue weighted by molar-refractivity contribution is 7.89. The van der Waals surface area contributed by atoms with Gasteiger partial charge in [-0.05, 0) is 68.5 Å². The van der Waals surface area contributed by atoms with Crippen LogP contribution in [0.25, 0.3) is 10.9 Å². The number of fused-ring (bicyclic) bond motifs is 1. The largest absolute Gasteiger partial charge is 0.357 e. The van der Waals surface area contributed by atoms with E-state index >= 15 is 0 Å². The molecule has 2 aliphatic heterocycles. The Kier molecular flexibility index (Phi) is 7.25. The van der Waals surface area contributed by atoms with Crippen LogP contribution in [-0.4, -0.2) is 49.8 Å². The Bertz CT molecular complexity index is 1330. The molecule has 0 aliphatic carbocycles. The Morgan fingerprint density at radius 2 is 1.67 bits per heavy atom. The number of pyridine rings is 1. The zero-order valence-electron chi connectivity index (χ0n) is 20.8. The summed E-state index contributed by atoms with van der Waals surface area (Å²) in [5.74, 6) is 0.992. The average Bonchev–Trinajstić information content (AvgIpc) is 2.92. The van der Waals surface area contributed by atoms with Gasteiger partial charge < -0.3 is 10.2 Å². The zero-order valence-corrected chi connectivity index (χ0v) is 21.6. The number of aryl methyl sites for hydroxylation is 1. The van der Waals surface area contributed by atoms with Crippen LogP contribution in [0.3, 0.4) is 0 Å². The number of sulfonamides is 1. The molecule has 0 radical (unpaired) electrons. The molecular formula is C28H34N4O3S. The van der Waals surface area contributed by atoms with E-state index in [9.17, 15) is 13.2 Å². The van der Waals surface area contributed by atoms with E-state index in [4.69, 9.17) is 4.98 Å². The summed E-state index contributed by atoms with van der Waals surface area (Å²) in [6, 6.07) is 17.3. The average molecular weight is 507 g/mol. The molecule has 2 fully saturated rings. The lowest BCUT2D eigenvalue weighted by molar-refractivity contribution is -0.125. The van der Waals surface area contributed by atoms with E-state index in [1.807, 2.05) is 12.1 Å². The van der Waals surface area contributed by atoms with Crippen LogP contribution in [0.5, 0.6) is 0 Å². The van der Waals surface area contributed by atoms with Crippen LogP contribution in [0.15, 0.2) is 59.5 Å². The van der Waals surface area contributed by atoms with Crippen molar-refractivity contribution in [3.05, 3.63) is 65.7 Å². The lowest BCUT2D eigenvalue weighted by Gasteiger charge is -2.32. The number of amides is 1.